The van der Waals surface area contributed by atoms with Crippen molar-refractivity contribution in [1.82, 2.24) is 0 Å². The molecule has 0 fully saturated rings. The molecule has 0 radical (unpaired) electrons. The molecular weight excluding hydrogens is 136 g/mol. The molecule has 1 aromatic carbocycles. The fraction of sp³-hybridized carbons (Fsp3) is 0.400. The minimum absolute atomic E-state index is 0.574. The summed E-state index contributed by atoms with van der Waals surface area (Å²) in [4.78, 5) is 0. The number of para-hydroxylation sites is 1. The van der Waals surface area contributed by atoms with Crippen LogP contribution in [0.5, 0.6) is 5.75 Å². The molecule has 1 aliphatic rings. The monoisotopic (exact) mass is 148 g/mol. The molecule has 0 N–H and O–H groups in total. The maximum absolute atomic E-state index is 5.54. The van der Waals surface area contributed by atoms with Crippen molar-refractivity contribution in [3.8, 4) is 5.75 Å². The summed E-state index contributed by atoms with van der Waals surface area (Å²) in [5, 5.41) is 0. The lowest BCUT2D eigenvalue weighted by Gasteiger charge is -2.01. The first kappa shape index (κ1) is 6.71. The number of benzene rings is 1. The Morgan fingerprint density at radius 2 is 2.27 bits per heavy atom. The number of aryl methyl sites for hydroxylation is 1. The van der Waals surface area contributed by atoms with E-state index in [4.69, 9.17) is 4.74 Å². The van der Waals surface area contributed by atoms with Crippen LogP contribution in [0.4, 0.5) is 0 Å². The Hall–Kier alpha value is -0.980. The fourth-order valence-electron chi connectivity index (χ4n) is 1.56. The van der Waals surface area contributed by atoms with Gasteiger partial charge < -0.3 is 4.74 Å². The van der Waals surface area contributed by atoms with Gasteiger partial charge in [0.05, 0.1) is 6.61 Å². The molecule has 1 aromatic rings. The van der Waals surface area contributed by atoms with Crippen molar-refractivity contribution < 1.29 is 4.74 Å². The number of hydrogen-bond donors (Lipinski definition) is 0. The smallest absolute Gasteiger partial charge is 0.125 e. The first-order valence-electron chi connectivity index (χ1n) is 4.01. The highest BCUT2D eigenvalue weighted by Gasteiger charge is 2.20. The fourth-order valence-corrected chi connectivity index (χ4v) is 1.56. The van der Waals surface area contributed by atoms with Crippen LogP contribution in [0.25, 0.3) is 0 Å². The molecule has 1 heterocycles. The Labute approximate surface area is 67.0 Å². The van der Waals surface area contributed by atoms with E-state index in [1.165, 1.54) is 11.1 Å². The Morgan fingerprint density at radius 1 is 1.45 bits per heavy atom. The molecule has 0 saturated heterocycles. The first-order valence-corrected chi connectivity index (χ1v) is 4.01. The van der Waals surface area contributed by atoms with Gasteiger partial charge in [0.25, 0.3) is 0 Å². The minimum Gasteiger partial charge on any atom is -0.492 e. The van der Waals surface area contributed by atoms with Crippen LogP contribution in [-0.4, -0.2) is 6.61 Å². The van der Waals surface area contributed by atoms with Crippen molar-refractivity contribution >= 4 is 0 Å². The molecule has 0 spiro atoms. The molecule has 0 bridgehead atoms. The van der Waals surface area contributed by atoms with E-state index in [1.54, 1.807) is 0 Å². The van der Waals surface area contributed by atoms with Gasteiger partial charge in [0.1, 0.15) is 5.75 Å². The molecule has 2 rings (SSSR count). The lowest BCUT2D eigenvalue weighted by Crippen LogP contribution is -1.93. The lowest BCUT2D eigenvalue weighted by molar-refractivity contribution is 0.335. The number of hydrogen-bond acceptors (Lipinski definition) is 1. The summed E-state index contributed by atoms with van der Waals surface area (Å²) in [5.74, 6) is 1.69. The third kappa shape index (κ3) is 0.917. The highest BCUT2D eigenvalue weighted by molar-refractivity contribution is 5.45. The zero-order valence-electron chi connectivity index (χ0n) is 6.92. The van der Waals surface area contributed by atoms with Gasteiger partial charge in [-0.25, -0.2) is 0 Å². The number of ether oxygens (including phenoxy) is 1. The van der Waals surface area contributed by atoms with Gasteiger partial charge in [0.15, 0.2) is 0 Å². The van der Waals surface area contributed by atoms with E-state index in [2.05, 4.69) is 32.0 Å². The van der Waals surface area contributed by atoms with Crippen LogP contribution >= 0.6 is 0 Å². The van der Waals surface area contributed by atoms with Gasteiger partial charge in [0, 0.05) is 11.5 Å². The Kier molecular flexibility index (Phi) is 1.38. The normalized spacial score (nSPS) is 21.1. The molecule has 1 heteroatoms. The molecule has 0 saturated carbocycles. The van der Waals surface area contributed by atoms with E-state index in [0.29, 0.717) is 5.92 Å². The van der Waals surface area contributed by atoms with E-state index in [1.807, 2.05) is 0 Å². The molecule has 1 atom stereocenters. The van der Waals surface area contributed by atoms with E-state index < -0.39 is 0 Å². The maximum Gasteiger partial charge on any atom is 0.125 e. The van der Waals surface area contributed by atoms with Gasteiger partial charge in [-0.15, -0.1) is 0 Å². The molecule has 0 aliphatic carbocycles. The summed E-state index contributed by atoms with van der Waals surface area (Å²) in [6.07, 6.45) is 0. The average molecular weight is 148 g/mol. The number of rotatable bonds is 0. The van der Waals surface area contributed by atoms with Crippen LogP contribution in [0.1, 0.15) is 24.0 Å². The SMILES string of the molecule is Cc1cccc2c1OC[C@H]2C. The van der Waals surface area contributed by atoms with Crippen molar-refractivity contribution in [3.05, 3.63) is 29.3 Å². The standard InChI is InChI=1S/C10H12O/c1-7-4-3-5-9-8(2)6-11-10(7)9/h3-5,8H,6H2,1-2H3/t8-/m1/s1. The zero-order valence-corrected chi connectivity index (χ0v) is 6.92. The lowest BCUT2D eigenvalue weighted by atomic mass is 10.0. The summed E-state index contributed by atoms with van der Waals surface area (Å²) in [7, 11) is 0. The van der Waals surface area contributed by atoms with Gasteiger partial charge in [-0.05, 0) is 12.5 Å². The third-order valence-corrected chi connectivity index (χ3v) is 2.25. The predicted molar refractivity (Wildman–Crippen MR) is 45.1 cm³/mol. The Morgan fingerprint density at radius 3 is 3.00 bits per heavy atom. The van der Waals surface area contributed by atoms with Gasteiger partial charge in [0.2, 0.25) is 0 Å². The molecule has 1 aliphatic heterocycles. The number of fused-ring (bicyclic) bond motifs is 1. The second-order valence-electron chi connectivity index (χ2n) is 3.21. The first-order chi connectivity index (χ1) is 5.29. The largest absolute Gasteiger partial charge is 0.492 e. The maximum atomic E-state index is 5.54. The highest BCUT2D eigenvalue weighted by atomic mass is 16.5. The van der Waals surface area contributed by atoms with Crippen LogP contribution in [0, 0.1) is 6.92 Å². The molecule has 1 nitrogen and oxygen atoms in total. The Bertz CT molecular complexity index is 278. The van der Waals surface area contributed by atoms with E-state index in [0.717, 1.165) is 12.4 Å². The second-order valence-corrected chi connectivity index (χ2v) is 3.21. The molecular formula is C10H12O. The van der Waals surface area contributed by atoms with Crippen LogP contribution in [-0.2, 0) is 0 Å². The summed E-state index contributed by atoms with van der Waals surface area (Å²) < 4.78 is 5.54. The van der Waals surface area contributed by atoms with Crippen LogP contribution in [0.15, 0.2) is 18.2 Å². The van der Waals surface area contributed by atoms with E-state index >= 15 is 0 Å². The van der Waals surface area contributed by atoms with Crippen LogP contribution in [0.2, 0.25) is 0 Å². The van der Waals surface area contributed by atoms with Crippen molar-refractivity contribution in [2.24, 2.45) is 0 Å². The van der Waals surface area contributed by atoms with E-state index in [-0.39, 0.29) is 0 Å². The van der Waals surface area contributed by atoms with Crippen molar-refractivity contribution in [2.45, 2.75) is 19.8 Å². The molecule has 58 valence electrons. The molecule has 11 heavy (non-hydrogen) atoms. The molecule has 0 aromatic heterocycles. The van der Waals surface area contributed by atoms with Gasteiger partial charge in [-0.2, -0.15) is 0 Å². The van der Waals surface area contributed by atoms with Gasteiger partial charge in [-0.1, -0.05) is 25.1 Å². The molecule has 0 amide bonds. The van der Waals surface area contributed by atoms with Crippen molar-refractivity contribution in [2.75, 3.05) is 6.61 Å². The predicted octanol–water partition coefficient (Wildman–Crippen LogP) is 2.49. The zero-order chi connectivity index (χ0) is 7.84. The van der Waals surface area contributed by atoms with Crippen molar-refractivity contribution in [3.63, 3.8) is 0 Å². The Balaban J connectivity index is 2.57. The second kappa shape index (κ2) is 2.26. The summed E-state index contributed by atoms with van der Waals surface area (Å²) in [6.45, 7) is 5.14. The quantitative estimate of drug-likeness (QED) is 0.549. The highest BCUT2D eigenvalue weighted by Crippen LogP contribution is 2.35. The van der Waals surface area contributed by atoms with Gasteiger partial charge >= 0.3 is 0 Å². The van der Waals surface area contributed by atoms with Gasteiger partial charge in [-0.3, -0.25) is 0 Å². The summed E-state index contributed by atoms with van der Waals surface area (Å²) >= 11 is 0. The average Bonchev–Trinajstić information content (AvgIpc) is 2.35. The van der Waals surface area contributed by atoms with Crippen LogP contribution in [0.3, 0.4) is 0 Å². The van der Waals surface area contributed by atoms with Crippen molar-refractivity contribution in [1.29, 1.82) is 0 Å². The van der Waals surface area contributed by atoms with Crippen LogP contribution < -0.4 is 4.74 Å². The topological polar surface area (TPSA) is 9.23 Å². The summed E-state index contributed by atoms with van der Waals surface area (Å²) in [6, 6.07) is 6.34. The molecule has 0 unspecified atom stereocenters. The summed E-state index contributed by atoms with van der Waals surface area (Å²) in [5.41, 5.74) is 2.62. The third-order valence-electron chi connectivity index (χ3n) is 2.25. The van der Waals surface area contributed by atoms with E-state index in [9.17, 15) is 0 Å². The minimum atomic E-state index is 0.574.